The van der Waals surface area contributed by atoms with Crippen LogP contribution in [-0.2, 0) is 28.7 Å². The molecular weight excluding hydrogens is 455 g/mol. The van der Waals surface area contributed by atoms with E-state index in [1.165, 1.54) is 18.2 Å². The number of aryl methyl sites for hydroxylation is 1. The Hall–Kier alpha value is -2.50. The lowest BCUT2D eigenvalue weighted by atomic mass is 10.1. The van der Waals surface area contributed by atoms with Crippen molar-refractivity contribution in [2.24, 2.45) is 0 Å². The fourth-order valence-corrected chi connectivity index (χ4v) is 4.37. The van der Waals surface area contributed by atoms with Gasteiger partial charge in [0.15, 0.2) is 0 Å². The molecule has 0 unspecified atom stereocenters. The molecule has 1 aliphatic heterocycles. The normalized spacial score (nSPS) is 15.2. The molecule has 1 aromatic carbocycles. The zero-order chi connectivity index (χ0) is 24.0. The number of nitrogens with one attached hydrogen (secondary N) is 1. The molecule has 1 aromatic heterocycles. The van der Waals surface area contributed by atoms with Crippen LogP contribution in [0, 0.1) is 0 Å². The smallest absolute Gasteiger partial charge is 0.339 e. The van der Waals surface area contributed by atoms with Crippen molar-refractivity contribution in [3.63, 3.8) is 0 Å². The lowest BCUT2D eigenvalue weighted by Gasteiger charge is -2.35. The standard InChI is InChI=1S/C22H28F3N5O2S/c1-3-20-26-16(15-33-20)12-28(2)14-21(32)30-10-8-29(9-11-30)13-19(31)27-18-7-5-4-6-17(18)22(23,24)25/h4-7,15H,3,8-14H2,1-2H3,(H,27,31). The topological polar surface area (TPSA) is 68.8 Å². The quantitative estimate of drug-likeness (QED) is 0.626. The molecule has 1 aliphatic rings. The minimum absolute atomic E-state index is 0.00616. The van der Waals surface area contributed by atoms with Gasteiger partial charge in [0.05, 0.1) is 35.0 Å². The number of halogens is 3. The first kappa shape index (κ1) is 25.1. The minimum Gasteiger partial charge on any atom is -0.339 e. The largest absolute Gasteiger partial charge is 0.418 e. The van der Waals surface area contributed by atoms with E-state index in [0.717, 1.165) is 23.2 Å². The van der Waals surface area contributed by atoms with Crippen LogP contribution in [0.25, 0.3) is 0 Å². The molecule has 0 spiro atoms. The third kappa shape index (κ3) is 7.24. The highest BCUT2D eigenvalue weighted by atomic mass is 32.1. The number of benzene rings is 1. The van der Waals surface area contributed by atoms with Crippen molar-refractivity contribution in [2.45, 2.75) is 26.1 Å². The number of para-hydroxylation sites is 1. The van der Waals surface area contributed by atoms with Gasteiger partial charge in [-0.05, 0) is 25.6 Å². The number of alkyl halides is 3. The summed E-state index contributed by atoms with van der Waals surface area (Å²) >= 11 is 1.62. The molecule has 2 aromatic rings. The zero-order valence-electron chi connectivity index (χ0n) is 18.7. The van der Waals surface area contributed by atoms with Crippen LogP contribution in [0.5, 0.6) is 0 Å². The molecule has 0 saturated carbocycles. The summed E-state index contributed by atoms with van der Waals surface area (Å²) in [5, 5.41) is 5.45. The molecule has 0 aliphatic carbocycles. The van der Waals surface area contributed by atoms with Gasteiger partial charge < -0.3 is 10.2 Å². The molecule has 1 saturated heterocycles. The number of thiazole rings is 1. The van der Waals surface area contributed by atoms with Crippen LogP contribution >= 0.6 is 11.3 Å². The van der Waals surface area contributed by atoms with Gasteiger partial charge in [0, 0.05) is 38.1 Å². The van der Waals surface area contributed by atoms with Gasteiger partial charge in [-0.1, -0.05) is 19.1 Å². The zero-order valence-corrected chi connectivity index (χ0v) is 19.5. The Kier molecular flexibility index (Phi) is 8.44. The molecule has 7 nitrogen and oxygen atoms in total. The Bertz CT molecular complexity index is 958. The first-order valence-electron chi connectivity index (χ1n) is 10.7. The van der Waals surface area contributed by atoms with E-state index in [-0.39, 0.29) is 24.7 Å². The number of hydrogen-bond acceptors (Lipinski definition) is 6. The van der Waals surface area contributed by atoms with E-state index in [4.69, 9.17) is 0 Å². The van der Waals surface area contributed by atoms with Gasteiger partial charge in [0.2, 0.25) is 11.8 Å². The lowest BCUT2D eigenvalue weighted by Crippen LogP contribution is -2.52. The number of anilines is 1. The molecule has 0 atom stereocenters. The van der Waals surface area contributed by atoms with Gasteiger partial charge in [0.1, 0.15) is 0 Å². The molecule has 1 fully saturated rings. The Morgan fingerprint density at radius 3 is 2.52 bits per heavy atom. The summed E-state index contributed by atoms with van der Waals surface area (Å²) in [4.78, 5) is 35.0. The summed E-state index contributed by atoms with van der Waals surface area (Å²) in [5.74, 6) is -0.507. The number of rotatable bonds is 8. The van der Waals surface area contributed by atoms with Gasteiger partial charge in [-0.3, -0.25) is 19.4 Å². The Labute approximate surface area is 195 Å². The summed E-state index contributed by atoms with van der Waals surface area (Å²) in [6, 6.07) is 4.91. The number of hydrogen-bond donors (Lipinski definition) is 1. The SMILES string of the molecule is CCc1nc(CN(C)CC(=O)N2CCN(CC(=O)Nc3ccccc3C(F)(F)F)CC2)cs1. The van der Waals surface area contributed by atoms with Crippen LogP contribution in [0.15, 0.2) is 29.6 Å². The summed E-state index contributed by atoms with van der Waals surface area (Å²) in [6.07, 6.45) is -3.65. The van der Waals surface area contributed by atoms with Gasteiger partial charge >= 0.3 is 6.18 Å². The van der Waals surface area contributed by atoms with Gasteiger partial charge in [0.25, 0.3) is 0 Å². The second kappa shape index (κ2) is 11.1. The number of carbonyl (C=O) groups is 2. The first-order valence-corrected chi connectivity index (χ1v) is 11.6. The number of nitrogens with zero attached hydrogens (tertiary/aromatic N) is 4. The van der Waals surface area contributed by atoms with Crippen molar-refractivity contribution < 1.29 is 22.8 Å². The lowest BCUT2D eigenvalue weighted by molar-refractivity contribution is -0.137. The van der Waals surface area contributed by atoms with Crippen LogP contribution in [0.1, 0.15) is 23.2 Å². The monoisotopic (exact) mass is 483 g/mol. The molecule has 0 bridgehead atoms. The van der Waals surface area contributed by atoms with E-state index in [2.05, 4.69) is 17.2 Å². The number of amides is 2. The van der Waals surface area contributed by atoms with E-state index < -0.39 is 17.6 Å². The maximum absolute atomic E-state index is 13.1. The fourth-order valence-electron chi connectivity index (χ4n) is 3.63. The highest BCUT2D eigenvalue weighted by Crippen LogP contribution is 2.34. The Balaban J connectivity index is 1.43. The summed E-state index contributed by atoms with van der Waals surface area (Å²) in [7, 11) is 1.88. The maximum atomic E-state index is 13.1. The predicted molar refractivity (Wildman–Crippen MR) is 121 cm³/mol. The maximum Gasteiger partial charge on any atom is 0.418 e. The van der Waals surface area contributed by atoms with Crippen molar-refractivity contribution >= 4 is 28.8 Å². The summed E-state index contributed by atoms with van der Waals surface area (Å²) in [5.41, 5.74) is -0.172. The number of carbonyl (C=O) groups excluding carboxylic acids is 2. The number of piperazine rings is 1. The van der Waals surface area contributed by atoms with E-state index in [1.807, 2.05) is 22.2 Å². The fraction of sp³-hybridized carbons (Fsp3) is 0.500. The average molecular weight is 484 g/mol. The van der Waals surface area contributed by atoms with Crippen LogP contribution < -0.4 is 5.32 Å². The third-order valence-corrected chi connectivity index (χ3v) is 6.38. The summed E-state index contributed by atoms with van der Waals surface area (Å²) < 4.78 is 39.3. The van der Waals surface area contributed by atoms with E-state index >= 15 is 0 Å². The molecular formula is C22H28F3N5O2S. The predicted octanol–water partition coefficient (Wildman–Crippen LogP) is 2.94. The Morgan fingerprint density at radius 2 is 1.88 bits per heavy atom. The minimum atomic E-state index is -4.54. The summed E-state index contributed by atoms with van der Waals surface area (Å²) in [6.45, 7) is 4.80. The van der Waals surface area contributed by atoms with E-state index in [1.54, 1.807) is 16.2 Å². The first-order chi connectivity index (χ1) is 15.7. The van der Waals surface area contributed by atoms with Crippen molar-refractivity contribution in [1.29, 1.82) is 0 Å². The molecule has 11 heteroatoms. The second-order valence-corrected chi connectivity index (χ2v) is 8.95. The Morgan fingerprint density at radius 1 is 1.18 bits per heavy atom. The van der Waals surface area contributed by atoms with Crippen molar-refractivity contribution in [2.75, 3.05) is 51.6 Å². The molecule has 2 amide bonds. The highest BCUT2D eigenvalue weighted by Gasteiger charge is 2.33. The average Bonchev–Trinajstić information content (AvgIpc) is 3.21. The van der Waals surface area contributed by atoms with Crippen LogP contribution in [0.2, 0.25) is 0 Å². The number of likely N-dealkylation sites (N-methyl/N-ethyl adjacent to an activating group) is 1. The molecule has 3 rings (SSSR count). The van der Waals surface area contributed by atoms with Crippen molar-refractivity contribution in [3.05, 3.63) is 45.9 Å². The van der Waals surface area contributed by atoms with Crippen molar-refractivity contribution in [1.82, 2.24) is 19.7 Å². The molecule has 33 heavy (non-hydrogen) atoms. The van der Waals surface area contributed by atoms with Gasteiger partial charge in [-0.25, -0.2) is 4.98 Å². The van der Waals surface area contributed by atoms with Gasteiger partial charge in [-0.2, -0.15) is 13.2 Å². The highest BCUT2D eigenvalue weighted by molar-refractivity contribution is 7.09. The van der Waals surface area contributed by atoms with Crippen LogP contribution in [-0.4, -0.2) is 77.8 Å². The van der Waals surface area contributed by atoms with Gasteiger partial charge in [-0.15, -0.1) is 11.3 Å². The number of aromatic nitrogens is 1. The van der Waals surface area contributed by atoms with Crippen molar-refractivity contribution in [3.8, 4) is 0 Å². The van der Waals surface area contributed by atoms with E-state index in [0.29, 0.717) is 32.7 Å². The molecule has 1 N–H and O–H groups in total. The van der Waals surface area contributed by atoms with E-state index in [9.17, 15) is 22.8 Å². The molecule has 2 heterocycles. The second-order valence-electron chi connectivity index (χ2n) is 8.01. The van der Waals surface area contributed by atoms with Crippen LogP contribution in [0.4, 0.5) is 18.9 Å². The third-order valence-electron chi connectivity index (χ3n) is 5.34. The molecule has 0 radical (unpaired) electrons. The molecule has 180 valence electrons. The van der Waals surface area contributed by atoms with Crippen LogP contribution in [0.3, 0.4) is 0 Å².